The summed E-state index contributed by atoms with van der Waals surface area (Å²) in [5, 5.41) is 12.3. The number of carbonyl (C=O) groups excluding carboxylic acids is 1. The lowest BCUT2D eigenvalue weighted by molar-refractivity contribution is -0.127. The van der Waals surface area contributed by atoms with Crippen LogP contribution in [0.2, 0.25) is 0 Å². The first-order chi connectivity index (χ1) is 6.11. The van der Waals surface area contributed by atoms with Crippen molar-refractivity contribution in [2.24, 2.45) is 0 Å². The Morgan fingerprint density at radius 2 is 2.31 bits per heavy atom. The van der Waals surface area contributed by atoms with Gasteiger partial charge in [-0.1, -0.05) is 0 Å². The van der Waals surface area contributed by atoms with E-state index in [1.54, 1.807) is 14.1 Å². The Bertz CT molecular complexity index is 184. The van der Waals surface area contributed by atoms with Crippen LogP contribution in [0, 0.1) is 0 Å². The molecule has 0 aromatic rings. The summed E-state index contributed by atoms with van der Waals surface area (Å²) in [7, 11) is 3.40. The molecule has 0 spiro atoms. The fourth-order valence-corrected chi connectivity index (χ4v) is 1.11. The van der Waals surface area contributed by atoms with E-state index in [9.17, 15) is 9.90 Å². The quantitative estimate of drug-likeness (QED) is 0.561. The van der Waals surface area contributed by atoms with Gasteiger partial charge in [0.05, 0.1) is 31.9 Å². The first-order valence-corrected chi connectivity index (χ1v) is 4.30. The van der Waals surface area contributed by atoms with Crippen molar-refractivity contribution in [2.75, 3.05) is 33.9 Å². The fourth-order valence-electron chi connectivity index (χ4n) is 1.11. The second-order valence-corrected chi connectivity index (χ2v) is 3.38. The van der Waals surface area contributed by atoms with Crippen LogP contribution >= 0.6 is 0 Å². The lowest BCUT2D eigenvalue weighted by Crippen LogP contribution is -2.44. The van der Waals surface area contributed by atoms with Crippen molar-refractivity contribution in [3.63, 3.8) is 0 Å². The molecule has 13 heavy (non-hydrogen) atoms. The van der Waals surface area contributed by atoms with Gasteiger partial charge in [-0.3, -0.25) is 4.79 Å². The second-order valence-electron chi connectivity index (χ2n) is 3.38. The third-order valence-electron chi connectivity index (χ3n) is 2.06. The van der Waals surface area contributed by atoms with Crippen molar-refractivity contribution in [2.45, 2.75) is 12.1 Å². The highest BCUT2D eigenvalue weighted by Crippen LogP contribution is 2.04. The molecule has 2 atom stereocenters. The highest BCUT2D eigenvalue weighted by Gasteiger charge is 2.26. The molecule has 5 nitrogen and oxygen atoms in total. The van der Waals surface area contributed by atoms with Gasteiger partial charge < -0.3 is 20.1 Å². The minimum atomic E-state index is -0.491. The van der Waals surface area contributed by atoms with Gasteiger partial charge in [0.25, 0.3) is 0 Å². The average Bonchev–Trinajstić information content (AvgIpc) is 2.47. The minimum absolute atomic E-state index is 0.000833. The zero-order valence-electron chi connectivity index (χ0n) is 7.99. The predicted molar refractivity (Wildman–Crippen MR) is 47.3 cm³/mol. The lowest BCUT2D eigenvalue weighted by Gasteiger charge is -2.16. The average molecular weight is 188 g/mol. The van der Waals surface area contributed by atoms with Gasteiger partial charge in [0.1, 0.15) is 0 Å². The van der Waals surface area contributed by atoms with Crippen LogP contribution in [0.15, 0.2) is 0 Å². The molecule has 0 aliphatic carbocycles. The van der Waals surface area contributed by atoms with Crippen LogP contribution in [-0.4, -0.2) is 61.9 Å². The Balaban J connectivity index is 2.22. The third-order valence-corrected chi connectivity index (χ3v) is 2.06. The number of hydrogen-bond acceptors (Lipinski definition) is 4. The maximum atomic E-state index is 11.1. The number of ether oxygens (including phenoxy) is 1. The Kier molecular flexibility index (Phi) is 3.65. The van der Waals surface area contributed by atoms with Crippen LogP contribution in [0.4, 0.5) is 0 Å². The van der Waals surface area contributed by atoms with Crippen LogP contribution in [-0.2, 0) is 9.53 Å². The Labute approximate surface area is 77.7 Å². The van der Waals surface area contributed by atoms with E-state index in [-0.39, 0.29) is 18.5 Å². The second kappa shape index (κ2) is 4.55. The highest BCUT2D eigenvalue weighted by molar-refractivity contribution is 5.77. The first kappa shape index (κ1) is 10.4. The zero-order chi connectivity index (χ0) is 9.84. The van der Waals surface area contributed by atoms with Gasteiger partial charge >= 0.3 is 0 Å². The van der Waals surface area contributed by atoms with Crippen molar-refractivity contribution in [1.29, 1.82) is 0 Å². The van der Waals surface area contributed by atoms with Gasteiger partial charge in [0.15, 0.2) is 0 Å². The number of likely N-dealkylation sites (N-methyl/N-ethyl adjacent to an activating group) is 1. The smallest absolute Gasteiger partial charge is 0.236 e. The molecule has 1 aliphatic rings. The maximum Gasteiger partial charge on any atom is 0.236 e. The fraction of sp³-hybridized carbons (Fsp3) is 0.875. The molecule has 0 bridgehead atoms. The van der Waals surface area contributed by atoms with Crippen molar-refractivity contribution < 1.29 is 14.6 Å². The van der Waals surface area contributed by atoms with E-state index in [1.165, 1.54) is 4.90 Å². The molecule has 5 heteroatoms. The number of hydrogen-bond donors (Lipinski definition) is 2. The summed E-state index contributed by atoms with van der Waals surface area (Å²) in [4.78, 5) is 12.7. The van der Waals surface area contributed by atoms with E-state index >= 15 is 0 Å². The standard InChI is InChI=1S/C8H16N2O3/c1-10(2)8(12)3-9-6-4-13-5-7(6)11/h6-7,9,11H,3-5H2,1-2H3. The summed E-state index contributed by atoms with van der Waals surface area (Å²) < 4.78 is 5.02. The van der Waals surface area contributed by atoms with Crippen LogP contribution in [0.1, 0.15) is 0 Å². The molecular weight excluding hydrogens is 172 g/mol. The summed E-state index contributed by atoms with van der Waals surface area (Å²) in [5.41, 5.74) is 0. The lowest BCUT2D eigenvalue weighted by atomic mass is 10.2. The molecule has 0 saturated carbocycles. The molecular formula is C8H16N2O3. The van der Waals surface area contributed by atoms with Gasteiger partial charge in [0.2, 0.25) is 5.91 Å². The molecule has 0 aromatic heterocycles. The largest absolute Gasteiger partial charge is 0.389 e. The first-order valence-electron chi connectivity index (χ1n) is 4.30. The van der Waals surface area contributed by atoms with Crippen molar-refractivity contribution in [3.8, 4) is 0 Å². The number of nitrogens with zero attached hydrogens (tertiary/aromatic N) is 1. The third kappa shape index (κ3) is 2.95. The van der Waals surface area contributed by atoms with Gasteiger partial charge in [-0.05, 0) is 0 Å². The zero-order valence-corrected chi connectivity index (χ0v) is 7.99. The molecule has 0 aromatic carbocycles. The Morgan fingerprint density at radius 1 is 1.62 bits per heavy atom. The predicted octanol–water partition coefficient (Wildman–Crippen LogP) is -1.58. The molecule has 2 N–H and O–H groups in total. The molecule has 1 amide bonds. The maximum absolute atomic E-state index is 11.1. The van der Waals surface area contributed by atoms with Gasteiger partial charge in [-0.25, -0.2) is 0 Å². The molecule has 2 unspecified atom stereocenters. The van der Waals surface area contributed by atoms with E-state index in [0.717, 1.165) is 0 Å². The molecule has 1 aliphatic heterocycles. The molecule has 1 saturated heterocycles. The Hall–Kier alpha value is -0.650. The number of amides is 1. The van der Waals surface area contributed by atoms with E-state index in [1.807, 2.05) is 0 Å². The van der Waals surface area contributed by atoms with E-state index < -0.39 is 6.10 Å². The SMILES string of the molecule is CN(C)C(=O)CNC1COCC1O. The summed E-state index contributed by atoms with van der Waals surface area (Å²) in [5.74, 6) is -0.000833. The molecule has 1 heterocycles. The van der Waals surface area contributed by atoms with Crippen LogP contribution < -0.4 is 5.32 Å². The monoisotopic (exact) mass is 188 g/mol. The van der Waals surface area contributed by atoms with Crippen molar-refractivity contribution in [1.82, 2.24) is 10.2 Å². The number of carbonyl (C=O) groups is 1. The number of rotatable bonds is 3. The van der Waals surface area contributed by atoms with Gasteiger partial charge in [-0.2, -0.15) is 0 Å². The molecule has 0 radical (unpaired) electrons. The van der Waals surface area contributed by atoms with E-state index in [2.05, 4.69) is 5.32 Å². The number of nitrogens with one attached hydrogen (secondary N) is 1. The summed E-state index contributed by atoms with van der Waals surface area (Å²) >= 11 is 0. The topological polar surface area (TPSA) is 61.8 Å². The van der Waals surface area contributed by atoms with Gasteiger partial charge in [-0.15, -0.1) is 0 Å². The van der Waals surface area contributed by atoms with Crippen LogP contribution in [0.25, 0.3) is 0 Å². The normalized spacial score (nSPS) is 27.6. The molecule has 1 fully saturated rings. The summed E-state index contributed by atoms with van der Waals surface area (Å²) in [6.07, 6.45) is -0.491. The van der Waals surface area contributed by atoms with E-state index in [4.69, 9.17) is 4.74 Å². The molecule has 76 valence electrons. The van der Waals surface area contributed by atoms with Gasteiger partial charge in [0, 0.05) is 14.1 Å². The van der Waals surface area contributed by atoms with Crippen LogP contribution in [0.5, 0.6) is 0 Å². The molecule has 1 rings (SSSR count). The Morgan fingerprint density at radius 3 is 2.77 bits per heavy atom. The highest BCUT2D eigenvalue weighted by atomic mass is 16.5. The summed E-state index contributed by atoms with van der Waals surface area (Å²) in [6, 6.07) is -0.108. The summed E-state index contributed by atoms with van der Waals surface area (Å²) in [6.45, 7) is 1.08. The minimum Gasteiger partial charge on any atom is -0.389 e. The van der Waals surface area contributed by atoms with Crippen LogP contribution in [0.3, 0.4) is 0 Å². The number of aliphatic hydroxyl groups is 1. The van der Waals surface area contributed by atoms with E-state index in [0.29, 0.717) is 13.2 Å². The van der Waals surface area contributed by atoms with Crippen molar-refractivity contribution >= 4 is 5.91 Å². The number of aliphatic hydroxyl groups excluding tert-OH is 1. The van der Waals surface area contributed by atoms with Crippen molar-refractivity contribution in [3.05, 3.63) is 0 Å².